The van der Waals surface area contributed by atoms with Crippen molar-refractivity contribution in [1.29, 1.82) is 0 Å². The van der Waals surface area contributed by atoms with Crippen LogP contribution in [0.15, 0.2) is 217 Å². The number of rotatable bonds is 6. The van der Waals surface area contributed by atoms with Crippen molar-refractivity contribution in [2.45, 2.75) is 0 Å². The predicted molar refractivity (Wildman–Crippen MR) is 253 cm³/mol. The Hall–Kier alpha value is -7.46. The highest BCUT2D eigenvalue weighted by molar-refractivity contribution is 7.26. The van der Waals surface area contributed by atoms with E-state index in [-0.39, 0.29) is 0 Å². The average Bonchev–Trinajstić information content (AvgIpc) is 3.88. The number of hydrogen-bond acceptors (Lipinski definition) is 3. The minimum atomic E-state index is 0.873. The molecule has 12 aromatic rings. The summed E-state index contributed by atoms with van der Waals surface area (Å²) in [5, 5.41) is 9.61. The van der Waals surface area contributed by atoms with Gasteiger partial charge in [0.25, 0.3) is 0 Å². The second kappa shape index (κ2) is 13.6. The molecule has 10 aromatic carbocycles. The summed E-state index contributed by atoms with van der Waals surface area (Å²) in [6.45, 7) is 0. The molecule has 0 bridgehead atoms. The standard InChI is InChI=1S/C56H35NOS/c1-4-12-36(13-5-1)41-23-27-47-50-35-44(26-31-52(50)58-53(47)32-41)57(43-25-22-40-21-20-39-18-10-11-19-45(39)49(40)34-43)51-30-29-46(38-16-8-3-9-17-38)56-55(51)48-28-24-42(33-54(48)59-56)37-14-6-2-7-15-37/h1-35H. The summed E-state index contributed by atoms with van der Waals surface area (Å²) in [6, 6.07) is 77.0. The van der Waals surface area contributed by atoms with Gasteiger partial charge in [0.05, 0.1) is 5.69 Å². The van der Waals surface area contributed by atoms with E-state index < -0.39 is 0 Å². The zero-order valence-corrected chi connectivity index (χ0v) is 32.8. The van der Waals surface area contributed by atoms with Crippen molar-refractivity contribution in [1.82, 2.24) is 0 Å². The first-order valence-electron chi connectivity index (χ1n) is 20.1. The van der Waals surface area contributed by atoms with Crippen LogP contribution in [0.4, 0.5) is 17.1 Å². The Morgan fingerprint density at radius 2 is 0.949 bits per heavy atom. The van der Waals surface area contributed by atoms with Crippen molar-refractivity contribution >= 4 is 92.1 Å². The zero-order chi connectivity index (χ0) is 38.9. The second-order valence-corrected chi connectivity index (χ2v) is 16.3. The minimum Gasteiger partial charge on any atom is -0.456 e. The van der Waals surface area contributed by atoms with Gasteiger partial charge in [-0.3, -0.25) is 0 Å². The van der Waals surface area contributed by atoms with Crippen LogP contribution < -0.4 is 4.90 Å². The summed E-state index contributed by atoms with van der Waals surface area (Å²) >= 11 is 1.88. The third-order valence-electron chi connectivity index (χ3n) is 11.8. The van der Waals surface area contributed by atoms with E-state index in [1.807, 2.05) is 11.3 Å². The van der Waals surface area contributed by atoms with Crippen LogP contribution in [-0.4, -0.2) is 0 Å². The van der Waals surface area contributed by atoms with E-state index in [0.717, 1.165) is 44.6 Å². The Kier molecular flexibility index (Phi) is 7.75. The maximum absolute atomic E-state index is 6.58. The SMILES string of the molecule is c1ccc(-c2ccc3c(c2)oc2ccc(N(c4ccc5ccc6ccccc6c5c4)c4ccc(-c5ccccc5)c5sc6cc(-c7ccccc7)ccc6c45)cc23)cc1. The third kappa shape index (κ3) is 5.62. The summed E-state index contributed by atoms with van der Waals surface area (Å²) in [7, 11) is 0. The van der Waals surface area contributed by atoms with Crippen molar-refractivity contribution in [3.8, 4) is 33.4 Å². The number of thiophene rings is 1. The highest BCUT2D eigenvalue weighted by atomic mass is 32.1. The molecule has 2 nitrogen and oxygen atoms in total. The van der Waals surface area contributed by atoms with Crippen LogP contribution in [0.5, 0.6) is 0 Å². The third-order valence-corrected chi connectivity index (χ3v) is 13.0. The van der Waals surface area contributed by atoms with Crippen LogP contribution in [0.3, 0.4) is 0 Å². The molecule has 3 heteroatoms. The van der Waals surface area contributed by atoms with Crippen LogP contribution in [0.25, 0.3) is 97.0 Å². The van der Waals surface area contributed by atoms with E-state index in [1.54, 1.807) is 0 Å². The number of hydrogen-bond donors (Lipinski definition) is 0. The molecular formula is C56H35NOS. The van der Waals surface area contributed by atoms with E-state index in [4.69, 9.17) is 4.42 Å². The first-order chi connectivity index (χ1) is 29.2. The minimum absolute atomic E-state index is 0.873. The number of nitrogens with zero attached hydrogens (tertiary/aromatic N) is 1. The lowest BCUT2D eigenvalue weighted by molar-refractivity contribution is 0.669. The van der Waals surface area contributed by atoms with Gasteiger partial charge >= 0.3 is 0 Å². The molecule has 0 unspecified atom stereocenters. The van der Waals surface area contributed by atoms with Gasteiger partial charge in [-0.2, -0.15) is 0 Å². The van der Waals surface area contributed by atoms with Gasteiger partial charge in [-0.1, -0.05) is 158 Å². The monoisotopic (exact) mass is 769 g/mol. The average molecular weight is 770 g/mol. The van der Waals surface area contributed by atoms with Gasteiger partial charge in [0, 0.05) is 42.3 Å². The van der Waals surface area contributed by atoms with E-state index >= 15 is 0 Å². The van der Waals surface area contributed by atoms with Crippen molar-refractivity contribution in [3.05, 3.63) is 212 Å². The quantitative estimate of drug-likeness (QED) is 0.157. The molecule has 276 valence electrons. The van der Waals surface area contributed by atoms with Crippen LogP contribution >= 0.6 is 11.3 Å². The van der Waals surface area contributed by atoms with Crippen molar-refractivity contribution in [3.63, 3.8) is 0 Å². The van der Waals surface area contributed by atoms with Gasteiger partial charge < -0.3 is 9.32 Å². The molecule has 2 aromatic heterocycles. The van der Waals surface area contributed by atoms with E-state index in [1.165, 1.54) is 69.5 Å². The number of benzene rings is 10. The molecule has 0 aliphatic rings. The van der Waals surface area contributed by atoms with Crippen LogP contribution in [0.2, 0.25) is 0 Å². The summed E-state index contributed by atoms with van der Waals surface area (Å²) in [4.78, 5) is 2.46. The molecule has 59 heavy (non-hydrogen) atoms. The molecular weight excluding hydrogens is 735 g/mol. The largest absolute Gasteiger partial charge is 0.456 e. The Labute approximate surface area is 345 Å². The van der Waals surface area contributed by atoms with E-state index in [0.29, 0.717) is 0 Å². The highest BCUT2D eigenvalue weighted by Gasteiger charge is 2.23. The molecule has 0 N–H and O–H groups in total. The lowest BCUT2D eigenvalue weighted by Gasteiger charge is -2.27. The number of fused-ring (bicyclic) bond motifs is 9. The van der Waals surface area contributed by atoms with Gasteiger partial charge in [-0.15, -0.1) is 11.3 Å². The first kappa shape index (κ1) is 33.7. The molecule has 0 atom stereocenters. The maximum Gasteiger partial charge on any atom is 0.136 e. The summed E-state index contributed by atoms with van der Waals surface area (Å²) in [5.41, 5.74) is 12.3. The smallest absolute Gasteiger partial charge is 0.136 e. The summed E-state index contributed by atoms with van der Waals surface area (Å²) < 4.78 is 9.11. The zero-order valence-electron chi connectivity index (χ0n) is 32.0. The Balaban J connectivity index is 1.13. The highest BCUT2D eigenvalue weighted by Crippen LogP contribution is 2.50. The Morgan fingerprint density at radius 3 is 1.69 bits per heavy atom. The van der Waals surface area contributed by atoms with Gasteiger partial charge in [-0.05, 0) is 110 Å². The lowest BCUT2D eigenvalue weighted by atomic mass is 9.98. The van der Waals surface area contributed by atoms with Crippen molar-refractivity contribution < 1.29 is 4.42 Å². The molecule has 12 rings (SSSR count). The fraction of sp³-hybridized carbons (Fsp3) is 0. The van der Waals surface area contributed by atoms with Crippen LogP contribution in [0.1, 0.15) is 0 Å². The summed E-state index contributed by atoms with van der Waals surface area (Å²) in [6.07, 6.45) is 0. The van der Waals surface area contributed by atoms with Crippen molar-refractivity contribution in [2.75, 3.05) is 4.90 Å². The van der Waals surface area contributed by atoms with Crippen LogP contribution in [0, 0.1) is 0 Å². The maximum atomic E-state index is 6.58. The molecule has 0 amide bonds. The first-order valence-corrected chi connectivity index (χ1v) is 20.9. The fourth-order valence-electron chi connectivity index (χ4n) is 8.97. The summed E-state index contributed by atoms with van der Waals surface area (Å²) in [5.74, 6) is 0. The van der Waals surface area contributed by atoms with Gasteiger partial charge in [0.15, 0.2) is 0 Å². The molecule has 0 fully saturated rings. The lowest BCUT2D eigenvalue weighted by Crippen LogP contribution is -2.10. The van der Waals surface area contributed by atoms with Gasteiger partial charge in [0.2, 0.25) is 0 Å². The molecule has 0 aliphatic heterocycles. The van der Waals surface area contributed by atoms with Crippen LogP contribution in [-0.2, 0) is 0 Å². The van der Waals surface area contributed by atoms with Gasteiger partial charge in [-0.25, -0.2) is 0 Å². The molecule has 0 saturated carbocycles. The number of anilines is 3. The second-order valence-electron chi connectivity index (χ2n) is 15.3. The van der Waals surface area contributed by atoms with Gasteiger partial charge in [0.1, 0.15) is 11.2 Å². The fourth-order valence-corrected chi connectivity index (χ4v) is 10.3. The Bertz CT molecular complexity index is 3550. The molecule has 0 spiro atoms. The van der Waals surface area contributed by atoms with E-state index in [9.17, 15) is 0 Å². The predicted octanol–water partition coefficient (Wildman–Crippen LogP) is 16.7. The van der Waals surface area contributed by atoms with E-state index in [2.05, 4.69) is 217 Å². The Morgan fingerprint density at radius 1 is 0.356 bits per heavy atom. The molecule has 0 aliphatic carbocycles. The molecule has 2 heterocycles. The molecule has 0 saturated heterocycles. The van der Waals surface area contributed by atoms with Crippen molar-refractivity contribution in [2.24, 2.45) is 0 Å². The normalized spacial score (nSPS) is 11.7. The topological polar surface area (TPSA) is 16.4 Å². The number of furan rings is 1. The molecule has 0 radical (unpaired) electrons.